The third-order valence-electron chi connectivity index (χ3n) is 1.89. The number of nitrogens with zero attached hydrogens (tertiary/aromatic N) is 1. The minimum Gasteiger partial charge on any atom is -0.210 e. The topological polar surface area (TPSA) is 23.8 Å². The van der Waals surface area contributed by atoms with Gasteiger partial charge in [0.25, 0.3) is 0 Å². The summed E-state index contributed by atoms with van der Waals surface area (Å²) in [6, 6.07) is 1.52. The van der Waals surface area contributed by atoms with E-state index in [-0.39, 0.29) is 12.0 Å². The molecule has 0 radical (unpaired) electrons. The fourth-order valence-electron chi connectivity index (χ4n) is 1.29. The van der Waals surface area contributed by atoms with Gasteiger partial charge >= 0.3 is 0 Å². The Labute approximate surface area is 87.4 Å². The van der Waals surface area contributed by atoms with Crippen molar-refractivity contribution in [2.24, 2.45) is 0 Å². The summed E-state index contributed by atoms with van der Waals surface area (Å²) in [5.74, 6) is 2.82. The van der Waals surface area contributed by atoms with Gasteiger partial charge < -0.3 is 0 Å². The van der Waals surface area contributed by atoms with Gasteiger partial charge in [-0.05, 0) is 24.0 Å². The lowest BCUT2D eigenvalue weighted by molar-refractivity contribution is 0.572. The molecule has 0 heterocycles. The van der Waals surface area contributed by atoms with Crippen molar-refractivity contribution in [3.05, 3.63) is 35.0 Å². The molecule has 15 heavy (non-hydrogen) atoms. The lowest BCUT2D eigenvalue weighted by atomic mass is 9.99. The van der Waals surface area contributed by atoms with Gasteiger partial charge in [-0.2, -0.15) is 5.26 Å². The Morgan fingerprint density at radius 3 is 2.80 bits per heavy atom. The van der Waals surface area contributed by atoms with Gasteiger partial charge in [0, 0.05) is 12.3 Å². The van der Waals surface area contributed by atoms with Crippen LogP contribution in [0.5, 0.6) is 0 Å². The van der Waals surface area contributed by atoms with Crippen LogP contribution in [0.15, 0.2) is 35.0 Å². The third-order valence-corrected chi connectivity index (χ3v) is 1.89. The van der Waals surface area contributed by atoms with E-state index >= 15 is 0 Å². The molecule has 0 fully saturated rings. The Bertz CT molecular complexity index is 450. The number of allylic oxidation sites excluding steroid dienone is 6. The Morgan fingerprint density at radius 1 is 1.53 bits per heavy atom. The number of rotatable bonds is 1. The summed E-state index contributed by atoms with van der Waals surface area (Å²) in [5, 5.41) is 8.18. The largest absolute Gasteiger partial charge is 0.210 e. The van der Waals surface area contributed by atoms with Crippen LogP contribution in [-0.4, -0.2) is 0 Å². The van der Waals surface area contributed by atoms with E-state index in [1.54, 1.807) is 6.08 Å². The van der Waals surface area contributed by atoms with Crippen LogP contribution in [0, 0.1) is 23.2 Å². The van der Waals surface area contributed by atoms with Crippen LogP contribution in [0.2, 0.25) is 0 Å². The van der Waals surface area contributed by atoms with E-state index in [2.05, 4.69) is 5.92 Å². The summed E-state index contributed by atoms with van der Waals surface area (Å²) in [6.07, 6.45) is 3.80. The third kappa shape index (κ3) is 2.79. The second-order valence-electron chi connectivity index (χ2n) is 3.00. The zero-order chi connectivity index (χ0) is 11.3. The predicted molar refractivity (Wildman–Crippen MR) is 53.7 cm³/mol. The van der Waals surface area contributed by atoms with Crippen molar-refractivity contribution in [3.63, 3.8) is 0 Å². The summed E-state index contributed by atoms with van der Waals surface area (Å²) in [7, 11) is 0. The highest BCUT2D eigenvalue weighted by Crippen LogP contribution is 2.29. The summed E-state index contributed by atoms with van der Waals surface area (Å²) in [5.41, 5.74) is 0.305. The molecule has 0 spiro atoms. The van der Waals surface area contributed by atoms with Crippen LogP contribution in [0.1, 0.15) is 19.8 Å². The van der Waals surface area contributed by atoms with Crippen LogP contribution in [0.3, 0.4) is 0 Å². The predicted octanol–water partition coefficient (Wildman–Crippen LogP) is 3.33. The molecule has 3 heteroatoms. The molecule has 0 atom stereocenters. The van der Waals surface area contributed by atoms with E-state index in [0.717, 1.165) is 6.42 Å². The molecule has 0 unspecified atom stereocenters. The molecule has 0 aromatic heterocycles. The highest BCUT2D eigenvalue weighted by molar-refractivity contribution is 5.52. The summed E-state index contributed by atoms with van der Waals surface area (Å²) < 4.78 is 26.6. The summed E-state index contributed by atoms with van der Waals surface area (Å²) in [6.45, 7) is 1.89. The summed E-state index contributed by atoms with van der Waals surface area (Å²) in [4.78, 5) is 0. The Kier molecular flexibility index (Phi) is 3.83. The monoisotopic (exact) mass is 205 g/mol. The first-order valence-electron chi connectivity index (χ1n) is 4.54. The Balaban J connectivity index is 3.04. The van der Waals surface area contributed by atoms with E-state index in [9.17, 15) is 8.78 Å². The smallest absolute Gasteiger partial charge is 0.152 e. The highest BCUT2D eigenvalue weighted by atomic mass is 19.1. The molecular weight excluding hydrogens is 196 g/mol. The van der Waals surface area contributed by atoms with Gasteiger partial charge in [0.15, 0.2) is 6.07 Å². The van der Waals surface area contributed by atoms with Crippen molar-refractivity contribution in [2.45, 2.75) is 19.8 Å². The minimum absolute atomic E-state index is 0.0523. The van der Waals surface area contributed by atoms with Crippen molar-refractivity contribution in [1.29, 1.82) is 5.26 Å². The quantitative estimate of drug-likeness (QED) is 0.602. The SMILES string of the molecule is CC/C=C1\C=C(F)C(C#CC#N)=C(F)C1. The molecule has 0 saturated heterocycles. The van der Waals surface area contributed by atoms with Crippen LogP contribution in [0.25, 0.3) is 0 Å². The van der Waals surface area contributed by atoms with Gasteiger partial charge in [-0.25, -0.2) is 8.78 Å². The minimum atomic E-state index is -0.707. The standard InChI is InChI=1S/C12H9F2N/c1-2-4-9-7-11(13)10(5-3-6-15)12(14)8-9/h4,7H,2,8H2,1H3/b9-4+. The number of hydrogen-bond donors (Lipinski definition) is 0. The van der Waals surface area contributed by atoms with Crippen LogP contribution < -0.4 is 0 Å². The lowest BCUT2D eigenvalue weighted by Gasteiger charge is -2.09. The van der Waals surface area contributed by atoms with Crippen molar-refractivity contribution in [1.82, 2.24) is 0 Å². The van der Waals surface area contributed by atoms with Gasteiger partial charge in [0.2, 0.25) is 0 Å². The zero-order valence-electron chi connectivity index (χ0n) is 8.27. The van der Waals surface area contributed by atoms with Crippen molar-refractivity contribution >= 4 is 0 Å². The average Bonchev–Trinajstić information content (AvgIpc) is 2.17. The Morgan fingerprint density at radius 2 is 2.27 bits per heavy atom. The first-order chi connectivity index (χ1) is 7.19. The van der Waals surface area contributed by atoms with Crippen molar-refractivity contribution < 1.29 is 8.78 Å². The molecule has 0 aromatic carbocycles. The molecule has 1 aliphatic rings. The normalized spacial score (nSPS) is 18.0. The van der Waals surface area contributed by atoms with Crippen LogP contribution >= 0.6 is 0 Å². The fourth-order valence-corrected chi connectivity index (χ4v) is 1.29. The molecular formula is C12H9F2N. The maximum Gasteiger partial charge on any atom is 0.152 e. The highest BCUT2D eigenvalue weighted by Gasteiger charge is 2.17. The molecule has 76 valence electrons. The molecule has 0 amide bonds. The van der Waals surface area contributed by atoms with Gasteiger partial charge in [0.05, 0.1) is 5.57 Å². The number of hydrogen-bond acceptors (Lipinski definition) is 1. The van der Waals surface area contributed by atoms with Crippen LogP contribution in [0.4, 0.5) is 8.78 Å². The first-order valence-corrected chi connectivity index (χ1v) is 4.54. The second-order valence-corrected chi connectivity index (χ2v) is 3.00. The van der Waals surface area contributed by atoms with Crippen LogP contribution in [-0.2, 0) is 0 Å². The fraction of sp³-hybridized carbons (Fsp3) is 0.250. The van der Waals surface area contributed by atoms with Gasteiger partial charge in [-0.1, -0.05) is 13.0 Å². The van der Waals surface area contributed by atoms with E-state index in [1.165, 1.54) is 12.1 Å². The molecule has 1 nitrogen and oxygen atoms in total. The van der Waals surface area contributed by atoms with E-state index in [1.807, 2.05) is 12.8 Å². The lowest BCUT2D eigenvalue weighted by Crippen LogP contribution is -1.96. The van der Waals surface area contributed by atoms with E-state index in [4.69, 9.17) is 5.26 Å². The summed E-state index contributed by atoms with van der Waals surface area (Å²) >= 11 is 0. The molecule has 1 rings (SSSR count). The maximum absolute atomic E-state index is 13.3. The number of halogens is 2. The van der Waals surface area contributed by atoms with Gasteiger partial charge in [0.1, 0.15) is 11.7 Å². The van der Waals surface area contributed by atoms with E-state index in [0.29, 0.717) is 5.57 Å². The maximum atomic E-state index is 13.3. The van der Waals surface area contributed by atoms with E-state index < -0.39 is 11.7 Å². The second kappa shape index (κ2) is 5.12. The molecule has 0 aromatic rings. The van der Waals surface area contributed by atoms with Gasteiger partial charge in [-0.15, -0.1) is 0 Å². The molecule has 1 aliphatic carbocycles. The van der Waals surface area contributed by atoms with Crippen molar-refractivity contribution in [3.8, 4) is 17.9 Å². The number of nitriles is 1. The first kappa shape index (κ1) is 11.2. The zero-order valence-corrected chi connectivity index (χ0v) is 8.27. The molecule has 0 N–H and O–H groups in total. The van der Waals surface area contributed by atoms with Crippen molar-refractivity contribution in [2.75, 3.05) is 0 Å². The van der Waals surface area contributed by atoms with Gasteiger partial charge in [-0.3, -0.25) is 0 Å². The average molecular weight is 205 g/mol. The molecule has 0 aliphatic heterocycles. The Hall–Kier alpha value is -1.87. The molecule has 0 saturated carbocycles. The molecule has 0 bridgehead atoms.